The van der Waals surface area contributed by atoms with E-state index in [4.69, 9.17) is 19.9 Å². The van der Waals surface area contributed by atoms with E-state index in [-0.39, 0.29) is 12.7 Å². The largest absolute Gasteiger partial charge is 0.493 e. The van der Waals surface area contributed by atoms with Gasteiger partial charge in [0.1, 0.15) is 0 Å². The predicted octanol–water partition coefficient (Wildman–Crippen LogP) is 1.12. The minimum Gasteiger partial charge on any atom is -0.493 e. The van der Waals surface area contributed by atoms with Gasteiger partial charge in [-0.3, -0.25) is 9.69 Å². The van der Waals surface area contributed by atoms with Crippen LogP contribution in [0.5, 0.6) is 17.2 Å². The fourth-order valence-electron chi connectivity index (χ4n) is 3.04. The molecule has 0 bridgehead atoms. The van der Waals surface area contributed by atoms with Gasteiger partial charge in [-0.1, -0.05) is 0 Å². The summed E-state index contributed by atoms with van der Waals surface area (Å²) in [5.74, 6) is 2.27. The van der Waals surface area contributed by atoms with E-state index in [1.807, 2.05) is 12.1 Å². The fourth-order valence-corrected chi connectivity index (χ4v) is 3.04. The quantitative estimate of drug-likeness (QED) is 0.880. The molecule has 114 valence electrons. The Morgan fingerprint density at radius 1 is 1.48 bits per heavy atom. The van der Waals surface area contributed by atoms with Crippen molar-refractivity contribution >= 4 is 5.91 Å². The summed E-state index contributed by atoms with van der Waals surface area (Å²) in [6, 6.07) is 3.97. The van der Waals surface area contributed by atoms with Crippen molar-refractivity contribution in [2.75, 3.05) is 27.0 Å². The lowest BCUT2D eigenvalue weighted by Crippen LogP contribution is -2.22. The minimum absolute atomic E-state index is 0.216. The molecule has 1 amide bonds. The number of likely N-dealkylation sites (tertiary alicyclic amines) is 1. The van der Waals surface area contributed by atoms with Crippen molar-refractivity contribution in [1.29, 1.82) is 0 Å². The first-order chi connectivity index (χ1) is 10.2. The molecule has 1 saturated heterocycles. The maximum absolute atomic E-state index is 11.0. The Labute approximate surface area is 123 Å². The van der Waals surface area contributed by atoms with Gasteiger partial charge < -0.3 is 19.9 Å². The van der Waals surface area contributed by atoms with Crippen molar-refractivity contribution in [3.05, 3.63) is 17.7 Å². The van der Waals surface area contributed by atoms with Crippen LogP contribution >= 0.6 is 0 Å². The molecule has 2 heterocycles. The topological polar surface area (TPSA) is 74.0 Å². The molecule has 1 atom stereocenters. The van der Waals surface area contributed by atoms with Crippen LogP contribution in [-0.4, -0.2) is 37.8 Å². The fraction of sp³-hybridized carbons (Fsp3) is 0.533. The van der Waals surface area contributed by atoms with Crippen LogP contribution in [0.4, 0.5) is 0 Å². The Morgan fingerprint density at radius 2 is 2.33 bits per heavy atom. The molecule has 3 rings (SSSR count). The number of ether oxygens (including phenoxy) is 3. The summed E-state index contributed by atoms with van der Waals surface area (Å²) in [7, 11) is 1.62. The first-order valence-electron chi connectivity index (χ1n) is 7.13. The van der Waals surface area contributed by atoms with E-state index < -0.39 is 0 Å². The third kappa shape index (κ3) is 3.05. The van der Waals surface area contributed by atoms with Crippen LogP contribution in [0.2, 0.25) is 0 Å². The second kappa shape index (κ2) is 5.81. The predicted molar refractivity (Wildman–Crippen MR) is 76.3 cm³/mol. The summed E-state index contributed by atoms with van der Waals surface area (Å²) in [6.45, 7) is 2.93. The van der Waals surface area contributed by atoms with E-state index in [9.17, 15) is 4.79 Å². The van der Waals surface area contributed by atoms with Gasteiger partial charge in [-0.25, -0.2) is 0 Å². The summed E-state index contributed by atoms with van der Waals surface area (Å²) in [5.41, 5.74) is 6.39. The average molecular weight is 292 g/mol. The molecule has 1 aromatic carbocycles. The zero-order chi connectivity index (χ0) is 14.8. The zero-order valence-electron chi connectivity index (χ0n) is 12.1. The third-order valence-corrected chi connectivity index (χ3v) is 3.98. The second-order valence-electron chi connectivity index (χ2n) is 5.59. The normalized spacial score (nSPS) is 20.7. The Bertz CT molecular complexity index is 547. The van der Waals surface area contributed by atoms with Gasteiger partial charge in [-0.2, -0.15) is 0 Å². The lowest BCUT2D eigenvalue weighted by molar-refractivity contribution is -0.118. The van der Waals surface area contributed by atoms with Crippen molar-refractivity contribution in [3.8, 4) is 17.2 Å². The molecule has 6 nitrogen and oxygen atoms in total. The summed E-state index contributed by atoms with van der Waals surface area (Å²) < 4.78 is 16.2. The average Bonchev–Trinajstić information content (AvgIpc) is 3.06. The smallest absolute Gasteiger partial charge is 0.231 e. The molecule has 0 spiro atoms. The van der Waals surface area contributed by atoms with Crippen LogP contribution in [0.1, 0.15) is 18.4 Å². The molecule has 6 heteroatoms. The highest BCUT2D eigenvalue weighted by Crippen LogP contribution is 2.42. The van der Waals surface area contributed by atoms with Gasteiger partial charge in [-0.05, 0) is 36.6 Å². The van der Waals surface area contributed by atoms with Gasteiger partial charge in [0.05, 0.1) is 7.11 Å². The number of carbonyl (C=O) groups is 1. The summed E-state index contributed by atoms with van der Waals surface area (Å²) >= 11 is 0. The summed E-state index contributed by atoms with van der Waals surface area (Å²) in [4.78, 5) is 13.3. The van der Waals surface area contributed by atoms with Crippen molar-refractivity contribution in [3.63, 3.8) is 0 Å². The number of rotatable bonds is 5. The highest BCUT2D eigenvalue weighted by atomic mass is 16.7. The summed E-state index contributed by atoms with van der Waals surface area (Å²) in [6.07, 6.45) is 1.49. The lowest BCUT2D eigenvalue weighted by atomic mass is 10.1. The molecule has 0 aliphatic carbocycles. The molecule has 2 aliphatic rings. The van der Waals surface area contributed by atoms with Crippen molar-refractivity contribution in [2.24, 2.45) is 11.7 Å². The number of benzene rings is 1. The van der Waals surface area contributed by atoms with Crippen LogP contribution < -0.4 is 19.9 Å². The number of nitrogens with zero attached hydrogens (tertiary/aromatic N) is 1. The number of carbonyl (C=O) groups excluding carboxylic acids is 1. The molecule has 0 aromatic heterocycles. The number of hydrogen-bond acceptors (Lipinski definition) is 5. The number of methoxy groups -OCH3 is 1. The van der Waals surface area contributed by atoms with E-state index in [0.717, 1.165) is 37.4 Å². The first kappa shape index (κ1) is 14.0. The molecule has 1 aromatic rings. The molecular formula is C15H20N2O4. The zero-order valence-corrected chi connectivity index (χ0v) is 12.1. The van der Waals surface area contributed by atoms with E-state index in [0.29, 0.717) is 23.8 Å². The van der Waals surface area contributed by atoms with Crippen LogP contribution in [-0.2, 0) is 11.3 Å². The van der Waals surface area contributed by atoms with E-state index in [1.165, 1.54) is 0 Å². The number of hydrogen-bond donors (Lipinski definition) is 1. The Hall–Kier alpha value is -1.95. The molecular weight excluding hydrogens is 272 g/mol. The number of primary amides is 1. The maximum Gasteiger partial charge on any atom is 0.231 e. The van der Waals surface area contributed by atoms with Crippen molar-refractivity contribution < 1.29 is 19.0 Å². The monoisotopic (exact) mass is 292 g/mol. The molecule has 1 unspecified atom stereocenters. The number of nitrogens with two attached hydrogens (primary N) is 1. The molecule has 0 radical (unpaired) electrons. The summed E-state index contributed by atoms with van der Waals surface area (Å²) in [5, 5.41) is 0. The van der Waals surface area contributed by atoms with Crippen molar-refractivity contribution in [2.45, 2.75) is 19.4 Å². The SMILES string of the molecule is COc1cc(CN2CCC(CC(N)=O)C2)cc2c1OCO2. The highest BCUT2D eigenvalue weighted by Gasteiger charge is 2.25. The van der Waals surface area contributed by atoms with Gasteiger partial charge in [0.15, 0.2) is 11.5 Å². The van der Waals surface area contributed by atoms with E-state index >= 15 is 0 Å². The van der Waals surface area contributed by atoms with E-state index in [2.05, 4.69) is 4.90 Å². The molecule has 1 fully saturated rings. The maximum atomic E-state index is 11.0. The standard InChI is InChI=1S/C15H20N2O4/c1-19-12-4-11(5-13-15(12)21-9-20-13)8-17-3-2-10(7-17)6-14(16)18/h4-5,10H,2-3,6-9H2,1H3,(H2,16,18). The van der Waals surface area contributed by atoms with Crippen LogP contribution in [0, 0.1) is 5.92 Å². The van der Waals surface area contributed by atoms with Crippen LogP contribution in [0.25, 0.3) is 0 Å². The first-order valence-corrected chi connectivity index (χ1v) is 7.13. The lowest BCUT2D eigenvalue weighted by Gasteiger charge is -2.17. The third-order valence-electron chi connectivity index (χ3n) is 3.98. The van der Waals surface area contributed by atoms with Gasteiger partial charge in [0.25, 0.3) is 0 Å². The molecule has 2 N–H and O–H groups in total. The van der Waals surface area contributed by atoms with Gasteiger partial charge in [-0.15, -0.1) is 0 Å². The second-order valence-corrected chi connectivity index (χ2v) is 5.59. The highest BCUT2D eigenvalue weighted by molar-refractivity contribution is 5.74. The van der Waals surface area contributed by atoms with Gasteiger partial charge in [0, 0.05) is 19.5 Å². The van der Waals surface area contributed by atoms with Crippen LogP contribution in [0.15, 0.2) is 12.1 Å². The van der Waals surface area contributed by atoms with Crippen molar-refractivity contribution in [1.82, 2.24) is 4.90 Å². The van der Waals surface area contributed by atoms with Gasteiger partial charge in [0.2, 0.25) is 18.4 Å². The number of fused-ring (bicyclic) bond motifs is 1. The minimum atomic E-state index is -0.216. The Kier molecular flexibility index (Phi) is 3.88. The van der Waals surface area contributed by atoms with Crippen LogP contribution in [0.3, 0.4) is 0 Å². The van der Waals surface area contributed by atoms with E-state index in [1.54, 1.807) is 7.11 Å². The molecule has 21 heavy (non-hydrogen) atoms. The van der Waals surface area contributed by atoms with Gasteiger partial charge >= 0.3 is 0 Å². The molecule has 2 aliphatic heterocycles. The number of amides is 1. The Morgan fingerprint density at radius 3 is 3.10 bits per heavy atom. The molecule has 0 saturated carbocycles. The Balaban J connectivity index is 1.67.